The van der Waals surface area contributed by atoms with E-state index in [0.717, 1.165) is 49.8 Å². The number of rotatable bonds is 9. The van der Waals surface area contributed by atoms with E-state index in [1.807, 2.05) is 0 Å². The van der Waals surface area contributed by atoms with Gasteiger partial charge in [-0.2, -0.15) is 9.49 Å². The average Bonchev–Trinajstić information content (AvgIpc) is 3.68. The molecule has 240 valence electrons. The van der Waals surface area contributed by atoms with Gasteiger partial charge in [0.25, 0.3) is 5.91 Å². The van der Waals surface area contributed by atoms with Crippen molar-refractivity contribution in [1.82, 2.24) is 25.1 Å². The van der Waals surface area contributed by atoms with Gasteiger partial charge in [-0.15, -0.1) is 11.3 Å². The number of carbonyl (C=O) groups is 2. The number of nitrogens with zero attached hydrogens (tertiary/aromatic N) is 5. The summed E-state index contributed by atoms with van der Waals surface area (Å²) in [5, 5.41) is 16.6. The van der Waals surface area contributed by atoms with Crippen LogP contribution in [0.5, 0.6) is 0 Å². The summed E-state index contributed by atoms with van der Waals surface area (Å²) < 4.78 is 34.7. The molecule has 0 aliphatic heterocycles. The lowest BCUT2D eigenvalue weighted by Gasteiger charge is -2.18. The highest BCUT2D eigenvalue weighted by Crippen LogP contribution is 2.24. The van der Waals surface area contributed by atoms with Gasteiger partial charge in [-0.1, -0.05) is 19.3 Å². The Labute approximate surface area is 259 Å². The SMILES string of the molecule is CC(C)(N)C=O.CCO.COCn1cc(-c2nc(C(=O)N/C(C=NC3CCCCC3)=C(/N)c3nc(F)ccc3F)cs2)cn1. The Balaban J connectivity index is 0.000000660. The Morgan fingerprint density at radius 1 is 1.27 bits per heavy atom. The van der Waals surface area contributed by atoms with Crippen LogP contribution in [-0.4, -0.2) is 68.6 Å². The minimum absolute atomic E-state index is 0.0278. The van der Waals surface area contributed by atoms with Crippen LogP contribution < -0.4 is 16.8 Å². The van der Waals surface area contributed by atoms with Crippen molar-refractivity contribution in [3.63, 3.8) is 0 Å². The van der Waals surface area contributed by atoms with Gasteiger partial charge in [0.2, 0.25) is 5.95 Å². The van der Waals surface area contributed by atoms with E-state index in [9.17, 15) is 18.4 Å². The topological polar surface area (TPSA) is 184 Å². The molecule has 44 heavy (non-hydrogen) atoms. The standard InChI is InChI=1S/C23H25F2N7O2S.C4H9NO.C2H6O/c1-34-13-32-11-14(9-28-32)23-30-18(12-35-23)22(33)29-17(10-27-15-5-3-2-4-6-15)20(26)21-16(24)7-8-19(25)31-21;1-4(2,5)3-6;1-2-3/h7-12,15H,2-6,13,26H2,1H3,(H,29,33);3H,5H2,1-2H3;3H,2H2,1H3/b20-17+,27-10?;;. The second-order valence-electron chi connectivity index (χ2n) is 10.3. The largest absolute Gasteiger partial charge is 0.397 e. The molecular formula is C29H40F2N8O4S. The Bertz CT molecular complexity index is 1410. The fourth-order valence-electron chi connectivity index (χ4n) is 3.69. The third kappa shape index (κ3) is 12.0. The number of thiazole rings is 1. The van der Waals surface area contributed by atoms with Crippen LogP contribution in [-0.2, 0) is 16.3 Å². The van der Waals surface area contributed by atoms with Gasteiger partial charge in [0.15, 0.2) is 5.82 Å². The molecule has 1 aliphatic carbocycles. The molecule has 1 saturated carbocycles. The third-order valence-electron chi connectivity index (χ3n) is 5.78. The number of carbonyl (C=O) groups excluding carboxylic acids is 2. The van der Waals surface area contributed by atoms with E-state index in [0.29, 0.717) is 11.3 Å². The van der Waals surface area contributed by atoms with E-state index >= 15 is 0 Å². The summed E-state index contributed by atoms with van der Waals surface area (Å²) in [7, 11) is 1.56. The van der Waals surface area contributed by atoms with E-state index in [1.54, 1.807) is 50.3 Å². The van der Waals surface area contributed by atoms with Crippen molar-refractivity contribution in [2.24, 2.45) is 16.5 Å². The Morgan fingerprint density at radius 3 is 2.55 bits per heavy atom. The van der Waals surface area contributed by atoms with Crippen LogP contribution in [0, 0.1) is 11.8 Å². The van der Waals surface area contributed by atoms with Gasteiger partial charge in [-0.3, -0.25) is 9.79 Å². The molecule has 15 heteroatoms. The molecule has 3 heterocycles. The van der Waals surface area contributed by atoms with Gasteiger partial charge in [0.1, 0.15) is 29.4 Å². The lowest BCUT2D eigenvalue weighted by atomic mass is 9.96. The van der Waals surface area contributed by atoms with Crippen molar-refractivity contribution in [2.45, 2.75) is 71.2 Å². The minimum atomic E-state index is -0.891. The van der Waals surface area contributed by atoms with E-state index in [2.05, 4.69) is 25.4 Å². The van der Waals surface area contributed by atoms with E-state index in [4.69, 9.17) is 21.3 Å². The number of aliphatic hydroxyl groups is 1. The summed E-state index contributed by atoms with van der Waals surface area (Å²) in [6, 6.07) is 1.90. The molecule has 0 unspecified atom stereocenters. The molecule has 1 aliphatic rings. The summed E-state index contributed by atoms with van der Waals surface area (Å²) >= 11 is 1.27. The first kappa shape index (κ1) is 36.3. The number of methoxy groups -OCH3 is 1. The van der Waals surface area contributed by atoms with Gasteiger partial charge in [0.05, 0.1) is 29.2 Å². The van der Waals surface area contributed by atoms with Crippen LogP contribution in [0.15, 0.2) is 40.6 Å². The second kappa shape index (κ2) is 18.0. The van der Waals surface area contributed by atoms with E-state index in [1.165, 1.54) is 17.6 Å². The zero-order chi connectivity index (χ0) is 32.7. The normalized spacial score (nSPS) is 14.2. The smallest absolute Gasteiger partial charge is 0.275 e. The molecule has 0 saturated heterocycles. The number of amides is 1. The Morgan fingerprint density at radius 2 is 1.93 bits per heavy atom. The number of allylic oxidation sites excluding steroid dienone is 1. The van der Waals surface area contributed by atoms with Crippen LogP contribution in [0.4, 0.5) is 8.78 Å². The number of hydrogen-bond donors (Lipinski definition) is 4. The Hall–Kier alpha value is -3.92. The second-order valence-corrected chi connectivity index (χ2v) is 11.2. The summed E-state index contributed by atoms with van der Waals surface area (Å²) in [4.78, 5) is 35.2. The summed E-state index contributed by atoms with van der Waals surface area (Å²) in [6.45, 7) is 5.52. The fourth-order valence-corrected chi connectivity index (χ4v) is 4.46. The number of hydrogen-bond acceptors (Lipinski definition) is 11. The summed E-state index contributed by atoms with van der Waals surface area (Å²) in [5.74, 6) is -2.27. The quantitative estimate of drug-likeness (QED) is 0.155. The number of aromatic nitrogens is 4. The number of nitrogens with one attached hydrogen (secondary N) is 1. The van der Waals surface area contributed by atoms with Crippen LogP contribution in [0.3, 0.4) is 0 Å². The third-order valence-corrected chi connectivity index (χ3v) is 6.67. The van der Waals surface area contributed by atoms with Crippen LogP contribution in [0.1, 0.15) is 69.1 Å². The zero-order valence-corrected chi connectivity index (χ0v) is 26.1. The molecule has 3 aromatic rings. The van der Waals surface area contributed by atoms with Crippen molar-refractivity contribution >= 4 is 35.4 Å². The molecule has 3 aromatic heterocycles. The zero-order valence-electron chi connectivity index (χ0n) is 25.3. The van der Waals surface area contributed by atoms with Crippen molar-refractivity contribution < 1.29 is 28.2 Å². The molecule has 1 fully saturated rings. The van der Waals surface area contributed by atoms with Crippen molar-refractivity contribution in [3.05, 3.63) is 58.8 Å². The highest BCUT2D eigenvalue weighted by molar-refractivity contribution is 7.13. The molecule has 1 amide bonds. The number of aldehydes is 1. The maximum Gasteiger partial charge on any atom is 0.275 e. The van der Waals surface area contributed by atoms with Gasteiger partial charge >= 0.3 is 0 Å². The van der Waals surface area contributed by atoms with Crippen LogP contribution in [0.2, 0.25) is 0 Å². The van der Waals surface area contributed by atoms with Gasteiger partial charge in [-0.25, -0.2) is 19.0 Å². The first-order chi connectivity index (χ1) is 20.9. The van der Waals surface area contributed by atoms with Gasteiger partial charge < -0.3 is 31.4 Å². The monoisotopic (exact) mass is 634 g/mol. The summed E-state index contributed by atoms with van der Waals surface area (Å²) in [5.41, 5.74) is 10.9. The molecule has 0 radical (unpaired) electrons. The highest BCUT2D eigenvalue weighted by Gasteiger charge is 2.19. The molecule has 0 bridgehead atoms. The van der Waals surface area contributed by atoms with Crippen molar-refractivity contribution in [1.29, 1.82) is 0 Å². The Kier molecular flexibility index (Phi) is 14.9. The number of aliphatic hydroxyl groups excluding tert-OH is 1. The van der Waals surface area contributed by atoms with Gasteiger partial charge in [-0.05, 0) is 45.7 Å². The number of halogens is 2. The average molecular weight is 635 g/mol. The van der Waals surface area contributed by atoms with E-state index < -0.39 is 28.9 Å². The lowest BCUT2D eigenvalue weighted by Crippen LogP contribution is -2.33. The lowest BCUT2D eigenvalue weighted by molar-refractivity contribution is -0.111. The van der Waals surface area contributed by atoms with Crippen LogP contribution in [0.25, 0.3) is 16.3 Å². The molecule has 0 atom stereocenters. The molecule has 0 aromatic carbocycles. The molecule has 12 nitrogen and oxygen atoms in total. The van der Waals surface area contributed by atoms with Crippen molar-refractivity contribution in [3.8, 4) is 10.6 Å². The number of pyridine rings is 1. The minimum Gasteiger partial charge on any atom is -0.397 e. The van der Waals surface area contributed by atoms with E-state index in [-0.39, 0.29) is 36.5 Å². The molecule has 4 rings (SSSR count). The molecular weight excluding hydrogens is 594 g/mol. The maximum atomic E-state index is 14.4. The first-order valence-corrected chi connectivity index (χ1v) is 14.8. The maximum absolute atomic E-state index is 14.4. The predicted molar refractivity (Wildman–Crippen MR) is 166 cm³/mol. The number of aliphatic imine (C=N–C) groups is 1. The van der Waals surface area contributed by atoms with Crippen LogP contribution >= 0.6 is 11.3 Å². The number of nitrogens with two attached hydrogens (primary N) is 2. The first-order valence-electron chi connectivity index (χ1n) is 13.9. The predicted octanol–water partition coefficient (Wildman–Crippen LogP) is 3.67. The van der Waals surface area contributed by atoms with Gasteiger partial charge in [0, 0.05) is 37.1 Å². The van der Waals surface area contributed by atoms with Crippen molar-refractivity contribution in [2.75, 3.05) is 13.7 Å². The summed E-state index contributed by atoms with van der Waals surface area (Å²) in [6.07, 6.45) is 10.6. The fraction of sp³-hybridized carbons (Fsp3) is 0.448. The molecule has 6 N–H and O–H groups in total. The molecule has 0 spiro atoms. The highest BCUT2D eigenvalue weighted by atomic mass is 32.1. The number of ether oxygens (including phenoxy) is 1.